The third kappa shape index (κ3) is 52.1. The molecule has 1 atom stereocenters. The number of aliphatic hydroxyl groups is 1. The van der Waals surface area contributed by atoms with Gasteiger partial charge in [-0.1, -0.05) is 241 Å². The van der Waals surface area contributed by atoms with Crippen LogP contribution in [0.3, 0.4) is 0 Å². The number of carbonyl (C=O) groups excluding carboxylic acids is 1. The molecule has 0 aliphatic rings. The van der Waals surface area contributed by atoms with Gasteiger partial charge >= 0.3 is 5.97 Å². The van der Waals surface area contributed by atoms with Crippen LogP contribution in [0.25, 0.3) is 0 Å². The van der Waals surface area contributed by atoms with E-state index in [2.05, 4.69) is 86.8 Å². The van der Waals surface area contributed by atoms with Gasteiger partial charge in [0, 0.05) is 13.0 Å². The molecule has 0 aromatic rings. The largest absolute Gasteiger partial charge is 0.457 e. The van der Waals surface area contributed by atoms with Crippen molar-refractivity contribution in [3.8, 4) is 0 Å². The van der Waals surface area contributed by atoms with Gasteiger partial charge in [-0.2, -0.15) is 0 Å². The molecule has 0 saturated carbocycles. The summed E-state index contributed by atoms with van der Waals surface area (Å²) in [6.07, 6.45) is 74.3. The van der Waals surface area contributed by atoms with Gasteiger partial charge in [-0.3, -0.25) is 4.79 Å². The van der Waals surface area contributed by atoms with Crippen LogP contribution in [0.15, 0.2) is 72.9 Å². The first-order chi connectivity index (χ1) is 30.2. The van der Waals surface area contributed by atoms with E-state index in [-0.39, 0.29) is 12.6 Å². The molecule has 0 aliphatic carbocycles. The van der Waals surface area contributed by atoms with Gasteiger partial charge in [0.15, 0.2) is 0 Å². The van der Waals surface area contributed by atoms with Crippen LogP contribution in [-0.2, 0) is 14.3 Å². The summed E-state index contributed by atoms with van der Waals surface area (Å²) in [5.74, 6) is -0.204. The van der Waals surface area contributed by atoms with Gasteiger partial charge in [0.1, 0.15) is 6.10 Å². The molecular formula is C57H102O4. The Balaban J connectivity index is 3.41. The zero-order valence-electron chi connectivity index (χ0n) is 40.7. The minimum absolute atomic E-state index is 0.175. The van der Waals surface area contributed by atoms with Crippen molar-refractivity contribution in [2.24, 2.45) is 0 Å². The van der Waals surface area contributed by atoms with Crippen molar-refractivity contribution >= 4 is 5.97 Å². The highest BCUT2D eigenvalue weighted by Gasteiger charge is 2.13. The summed E-state index contributed by atoms with van der Waals surface area (Å²) >= 11 is 0. The Morgan fingerprint density at radius 3 is 1.11 bits per heavy atom. The second-order valence-corrected chi connectivity index (χ2v) is 17.6. The molecule has 0 rings (SSSR count). The second-order valence-electron chi connectivity index (χ2n) is 17.6. The average molecular weight is 851 g/mol. The minimum atomic E-state index is -0.541. The summed E-state index contributed by atoms with van der Waals surface area (Å²) < 4.78 is 11.2. The number of aliphatic hydroxyl groups excluding tert-OH is 1. The van der Waals surface area contributed by atoms with Gasteiger partial charge in [0.2, 0.25) is 0 Å². The maximum atomic E-state index is 12.3. The molecule has 0 aromatic heterocycles. The Hall–Kier alpha value is -2.17. The molecular weight excluding hydrogens is 749 g/mol. The maximum absolute atomic E-state index is 12.3. The molecule has 354 valence electrons. The number of hydrogen-bond donors (Lipinski definition) is 1. The van der Waals surface area contributed by atoms with Crippen LogP contribution >= 0.6 is 0 Å². The maximum Gasteiger partial charge on any atom is 0.306 e. The summed E-state index contributed by atoms with van der Waals surface area (Å²) in [7, 11) is 0. The molecule has 61 heavy (non-hydrogen) atoms. The van der Waals surface area contributed by atoms with Crippen LogP contribution in [0, 0.1) is 0 Å². The van der Waals surface area contributed by atoms with Crippen molar-refractivity contribution in [1.29, 1.82) is 0 Å². The highest BCUT2D eigenvalue weighted by atomic mass is 16.6. The fourth-order valence-corrected chi connectivity index (χ4v) is 7.59. The van der Waals surface area contributed by atoms with Gasteiger partial charge < -0.3 is 14.6 Å². The van der Waals surface area contributed by atoms with E-state index < -0.39 is 6.10 Å². The Labute approximate surface area is 380 Å². The Morgan fingerprint density at radius 1 is 0.410 bits per heavy atom. The van der Waals surface area contributed by atoms with Gasteiger partial charge in [-0.15, -0.1) is 0 Å². The van der Waals surface area contributed by atoms with Gasteiger partial charge in [0.05, 0.1) is 13.2 Å². The average Bonchev–Trinajstić information content (AvgIpc) is 3.27. The van der Waals surface area contributed by atoms with Gasteiger partial charge in [0.25, 0.3) is 0 Å². The number of hydrogen-bond acceptors (Lipinski definition) is 4. The predicted molar refractivity (Wildman–Crippen MR) is 269 cm³/mol. The first kappa shape index (κ1) is 58.8. The topological polar surface area (TPSA) is 55.8 Å². The molecule has 0 saturated heterocycles. The zero-order valence-corrected chi connectivity index (χ0v) is 40.7. The van der Waals surface area contributed by atoms with Crippen LogP contribution in [0.5, 0.6) is 0 Å². The van der Waals surface area contributed by atoms with Gasteiger partial charge in [-0.05, 0) is 83.5 Å². The lowest BCUT2D eigenvalue weighted by Crippen LogP contribution is -2.27. The molecule has 0 spiro atoms. The lowest BCUT2D eigenvalue weighted by atomic mass is 10.0. The lowest BCUT2D eigenvalue weighted by molar-refractivity contribution is -0.154. The predicted octanol–water partition coefficient (Wildman–Crippen LogP) is 18.1. The SMILES string of the molecule is CC/C=C\C/C=C\C/C=C\C/C=C\CCCCCCCCCCCCC(=O)OC(CO)COCCCCCCCCCCCCCCCC/C=C\C/C=C\CCCCCCC. The molecule has 0 radical (unpaired) electrons. The summed E-state index contributed by atoms with van der Waals surface area (Å²) in [6.45, 7) is 5.24. The molecule has 0 amide bonds. The molecule has 0 heterocycles. The third-order valence-electron chi connectivity index (χ3n) is 11.5. The quantitative estimate of drug-likeness (QED) is 0.0376. The standard InChI is InChI=1S/C57H102O4/c1-3-5-7-9-11-13-15-17-19-21-23-25-27-28-29-31-33-35-37-39-41-43-45-47-49-51-53-60-55-56(54-58)61-57(59)52-50-48-46-44-42-40-38-36-34-32-30-26-24-22-20-18-16-14-12-10-8-6-4-2/h6,8,12,14-15,17-18,20-21,23-24,26,56,58H,3-5,7,9-11,13,16,19,22,25,27-55H2,1-2H3/b8-6-,14-12-,17-15-,20-18-,23-21-,26-24-. The molecule has 0 bridgehead atoms. The van der Waals surface area contributed by atoms with Crippen molar-refractivity contribution in [2.75, 3.05) is 19.8 Å². The van der Waals surface area contributed by atoms with Crippen LogP contribution in [0.1, 0.15) is 258 Å². The Morgan fingerprint density at radius 2 is 0.738 bits per heavy atom. The van der Waals surface area contributed by atoms with E-state index in [4.69, 9.17) is 9.47 Å². The monoisotopic (exact) mass is 851 g/mol. The highest BCUT2D eigenvalue weighted by Crippen LogP contribution is 2.15. The summed E-state index contributed by atoms with van der Waals surface area (Å²) in [5.41, 5.74) is 0. The fraction of sp³-hybridized carbons (Fsp3) is 0.772. The van der Waals surface area contributed by atoms with E-state index in [1.807, 2.05) is 0 Å². The number of ether oxygens (including phenoxy) is 2. The second kappa shape index (κ2) is 54.0. The van der Waals surface area contributed by atoms with E-state index in [1.165, 1.54) is 186 Å². The number of rotatable bonds is 49. The van der Waals surface area contributed by atoms with E-state index in [1.54, 1.807) is 0 Å². The number of esters is 1. The molecule has 0 aliphatic heterocycles. The van der Waals surface area contributed by atoms with Crippen LogP contribution in [0.4, 0.5) is 0 Å². The Bertz CT molecular complexity index is 1040. The first-order valence-corrected chi connectivity index (χ1v) is 26.5. The van der Waals surface area contributed by atoms with E-state index in [0.29, 0.717) is 19.6 Å². The smallest absolute Gasteiger partial charge is 0.306 e. The molecule has 1 unspecified atom stereocenters. The van der Waals surface area contributed by atoms with Crippen LogP contribution in [0.2, 0.25) is 0 Å². The minimum Gasteiger partial charge on any atom is -0.457 e. The fourth-order valence-electron chi connectivity index (χ4n) is 7.59. The summed E-state index contributed by atoms with van der Waals surface area (Å²) in [4.78, 5) is 12.3. The van der Waals surface area contributed by atoms with Crippen molar-refractivity contribution in [3.05, 3.63) is 72.9 Å². The van der Waals surface area contributed by atoms with Crippen LogP contribution in [-0.4, -0.2) is 37.0 Å². The van der Waals surface area contributed by atoms with E-state index in [0.717, 1.165) is 51.4 Å². The Kier molecular flexibility index (Phi) is 52.0. The van der Waals surface area contributed by atoms with E-state index >= 15 is 0 Å². The summed E-state index contributed by atoms with van der Waals surface area (Å²) in [5, 5.41) is 9.66. The van der Waals surface area contributed by atoms with Crippen molar-refractivity contribution in [2.45, 2.75) is 264 Å². The van der Waals surface area contributed by atoms with Crippen LogP contribution < -0.4 is 0 Å². The lowest BCUT2D eigenvalue weighted by Gasteiger charge is -2.16. The van der Waals surface area contributed by atoms with E-state index in [9.17, 15) is 9.90 Å². The van der Waals surface area contributed by atoms with Crippen molar-refractivity contribution < 1.29 is 19.4 Å². The van der Waals surface area contributed by atoms with Crippen molar-refractivity contribution in [3.63, 3.8) is 0 Å². The third-order valence-corrected chi connectivity index (χ3v) is 11.5. The molecule has 4 heteroatoms. The number of allylic oxidation sites excluding steroid dienone is 12. The van der Waals surface area contributed by atoms with Crippen molar-refractivity contribution in [1.82, 2.24) is 0 Å². The first-order valence-electron chi connectivity index (χ1n) is 26.5. The zero-order chi connectivity index (χ0) is 44.0. The normalized spacial score (nSPS) is 12.9. The molecule has 0 aromatic carbocycles. The molecule has 4 nitrogen and oxygen atoms in total. The molecule has 0 fully saturated rings. The highest BCUT2D eigenvalue weighted by molar-refractivity contribution is 5.69. The molecule has 1 N–H and O–H groups in total. The number of unbranched alkanes of at least 4 members (excludes halogenated alkanes) is 29. The summed E-state index contributed by atoms with van der Waals surface area (Å²) in [6, 6.07) is 0. The van der Waals surface area contributed by atoms with Gasteiger partial charge in [-0.25, -0.2) is 0 Å². The number of carbonyl (C=O) groups is 1.